The topological polar surface area (TPSA) is 209 Å². The van der Waals surface area contributed by atoms with Crippen LogP contribution in [0.4, 0.5) is 0 Å². The standard InChI is InChI=1S/C11H12O8.C11H14O6.CH4/c12-1-3-17-10(15)7-5-8(19-9(14)6-7)11(16)18-4-2-13;1-3-4-15-11(13)9-5-8(7(2)17-14)6-10(12)16-9;/h5-6,12-13H,1-4H2;5-7,14H,3-4H2,1-2H3;1H4. The summed E-state index contributed by atoms with van der Waals surface area (Å²) in [6, 6.07) is 4.28. The zero-order valence-corrected chi connectivity index (χ0v) is 19.5. The lowest BCUT2D eigenvalue weighted by Crippen LogP contribution is -2.16. The average molecular weight is 530 g/mol. The van der Waals surface area contributed by atoms with E-state index in [2.05, 4.69) is 18.8 Å². The Bertz CT molecular complexity index is 1080. The van der Waals surface area contributed by atoms with Crippen molar-refractivity contribution in [3.8, 4) is 0 Å². The minimum atomic E-state index is -0.983. The highest BCUT2D eigenvalue weighted by Crippen LogP contribution is 2.15. The van der Waals surface area contributed by atoms with Crippen molar-refractivity contribution in [2.75, 3.05) is 33.0 Å². The molecule has 0 aliphatic carbocycles. The van der Waals surface area contributed by atoms with Gasteiger partial charge in [0.2, 0.25) is 11.5 Å². The van der Waals surface area contributed by atoms with Crippen molar-refractivity contribution in [1.82, 2.24) is 0 Å². The predicted octanol–water partition coefficient (Wildman–Crippen LogP) is 1.33. The van der Waals surface area contributed by atoms with E-state index in [9.17, 15) is 24.0 Å². The first-order valence-electron chi connectivity index (χ1n) is 10.5. The summed E-state index contributed by atoms with van der Waals surface area (Å²) in [6.45, 7) is 2.38. The third-order valence-electron chi connectivity index (χ3n) is 3.92. The summed E-state index contributed by atoms with van der Waals surface area (Å²) in [5, 5.41) is 25.5. The number of hydrogen-bond donors (Lipinski definition) is 3. The SMILES string of the molecule is C.CCCOC(=O)c1cc(C(C)OO)cc(=O)o1.O=C(OCCO)c1cc(C(=O)OCCO)oc(=O)c1. The van der Waals surface area contributed by atoms with Crippen LogP contribution in [-0.4, -0.2) is 66.4 Å². The van der Waals surface area contributed by atoms with Gasteiger partial charge in [-0.3, -0.25) is 5.26 Å². The van der Waals surface area contributed by atoms with Gasteiger partial charge in [0.25, 0.3) is 0 Å². The van der Waals surface area contributed by atoms with Gasteiger partial charge in [-0.1, -0.05) is 14.4 Å². The number of rotatable bonds is 11. The molecule has 14 heteroatoms. The predicted molar refractivity (Wildman–Crippen MR) is 124 cm³/mol. The van der Waals surface area contributed by atoms with Crippen LogP contribution in [0.3, 0.4) is 0 Å². The molecule has 0 saturated carbocycles. The summed E-state index contributed by atoms with van der Waals surface area (Å²) in [4.78, 5) is 60.7. The number of aliphatic hydroxyl groups excluding tert-OH is 2. The maximum Gasteiger partial charge on any atom is 0.374 e. The molecular formula is C23H30O14. The summed E-state index contributed by atoms with van der Waals surface area (Å²) >= 11 is 0. The van der Waals surface area contributed by atoms with Crippen LogP contribution in [0.15, 0.2) is 42.7 Å². The van der Waals surface area contributed by atoms with E-state index in [1.165, 1.54) is 13.0 Å². The van der Waals surface area contributed by atoms with Gasteiger partial charge in [-0.25, -0.2) is 28.9 Å². The van der Waals surface area contributed by atoms with Gasteiger partial charge in [0.15, 0.2) is 0 Å². The molecule has 2 rings (SSSR count). The molecule has 0 bridgehead atoms. The summed E-state index contributed by atoms with van der Waals surface area (Å²) in [5.74, 6) is -3.25. The van der Waals surface area contributed by atoms with Gasteiger partial charge in [-0.2, -0.15) is 0 Å². The molecule has 14 nitrogen and oxygen atoms in total. The summed E-state index contributed by atoms with van der Waals surface area (Å²) in [7, 11) is 0. The van der Waals surface area contributed by atoms with E-state index in [1.54, 1.807) is 0 Å². The van der Waals surface area contributed by atoms with Crippen LogP contribution in [0.2, 0.25) is 0 Å². The smallest absolute Gasteiger partial charge is 0.374 e. The van der Waals surface area contributed by atoms with Gasteiger partial charge < -0.3 is 33.3 Å². The molecule has 2 heterocycles. The van der Waals surface area contributed by atoms with Crippen molar-refractivity contribution in [3.05, 3.63) is 67.8 Å². The van der Waals surface area contributed by atoms with Crippen LogP contribution in [-0.2, 0) is 19.1 Å². The van der Waals surface area contributed by atoms with Crippen LogP contribution < -0.4 is 11.3 Å². The number of esters is 3. The van der Waals surface area contributed by atoms with E-state index >= 15 is 0 Å². The van der Waals surface area contributed by atoms with Crippen LogP contribution in [0.1, 0.15) is 70.8 Å². The van der Waals surface area contributed by atoms with E-state index < -0.39 is 41.0 Å². The lowest BCUT2D eigenvalue weighted by molar-refractivity contribution is -0.277. The highest BCUT2D eigenvalue weighted by atomic mass is 17.1. The van der Waals surface area contributed by atoms with Gasteiger partial charge in [0.1, 0.15) is 19.3 Å². The highest BCUT2D eigenvalue weighted by Gasteiger charge is 2.17. The van der Waals surface area contributed by atoms with Crippen molar-refractivity contribution in [1.29, 1.82) is 0 Å². The molecule has 0 amide bonds. The van der Waals surface area contributed by atoms with Crippen LogP contribution in [0, 0.1) is 0 Å². The second-order valence-corrected chi connectivity index (χ2v) is 6.71. The van der Waals surface area contributed by atoms with Crippen molar-refractivity contribution in [3.63, 3.8) is 0 Å². The number of carbonyl (C=O) groups excluding carboxylic acids is 3. The molecule has 3 N–H and O–H groups in total. The number of aliphatic hydroxyl groups is 2. The molecule has 0 aliphatic rings. The fourth-order valence-electron chi connectivity index (χ4n) is 2.29. The lowest BCUT2D eigenvalue weighted by Gasteiger charge is -2.08. The molecule has 0 radical (unpaired) electrons. The van der Waals surface area contributed by atoms with Crippen LogP contribution >= 0.6 is 0 Å². The Balaban J connectivity index is 0.000000686. The molecule has 2 aromatic heterocycles. The highest BCUT2D eigenvalue weighted by molar-refractivity contribution is 5.93. The largest absolute Gasteiger partial charge is 0.460 e. The van der Waals surface area contributed by atoms with Gasteiger partial charge in [0.05, 0.1) is 25.4 Å². The first-order valence-corrected chi connectivity index (χ1v) is 10.5. The minimum absolute atomic E-state index is 0. The number of ether oxygens (including phenoxy) is 3. The van der Waals surface area contributed by atoms with Crippen molar-refractivity contribution >= 4 is 17.9 Å². The third kappa shape index (κ3) is 11.6. The lowest BCUT2D eigenvalue weighted by atomic mass is 10.1. The Morgan fingerprint density at radius 1 is 0.811 bits per heavy atom. The zero-order valence-electron chi connectivity index (χ0n) is 19.5. The van der Waals surface area contributed by atoms with E-state index in [4.69, 9.17) is 24.6 Å². The van der Waals surface area contributed by atoms with Gasteiger partial charge >= 0.3 is 29.2 Å². The Labute approximate surface area is 210 Å². The van der Waals surface area contributed by atoms with Crippen molar-refractivity contribution < 1.29 is 57.8 Å². The van der Waals surface area contributed by atoms with Crippen LogP contribution in [0.5, 0.6) is 0 Å². The van der Waals surface area contributed by atoms with Gasteiger partial charge in [0, 0.05) is 18.2 Å². The van der Waals surface area contributed by atoms with E-state index in [1.807, 2.05) is 6.92 Å². The Kier molecular flexibility index (Phi) is 15.7. The molecule has 2 aromatic rings. The first-order chi connectivity index (χ1) is 17.2. The first kappa shape index (κ1) is 33.1. The third-order valence-corrected chi connectivity index (χ3v) is 3.92. The van der Waals surface area contributed by atoms with Crippen LogP contribution in [0.25, 0.3) is 0 Å². The molecule has 0 aliphatic heterocycles. The van der Waals surface area contributed by atoms with Gasteiger partial charge in [-0.05, 0) is 25.0 Å². The van der Waals surface area contributed by atoms with E-state index in [0.29, 0.717) is 12.0 Å². The fraction of sp³-hybridized carbons (Fsp3) is 0.435. The minimum Gasteiger partial charge on any atom is -0.460 e. The maximum atomic E-state index is 11.5. The molecule has 0 aromatic carbocycles. The maximum absolute atomic E-state index is 11.5. The number of hydrogen-bond acceptors (Lipinski definition) is 14. The molecule has 206 valence electrons. The zero-order chi connectivity index (χ0) is 27.1. The Hall–Kier alpha value is -3.85. The molecular weight excluding hydrogens is 500 g/mol. The van der Waals surface area contributed by atoms with Crippen molar-refractivity contribution in [2.45, 2.75) is 33.8 Å². The fourth-order valence-corrected chi connectivity index (χ4v) is 2.29. The van der Waals surface area contributed by atoms with E-state index in [0.717, 1.165) is 18.2 Å². The Morgan fingerprint density at radius 2 is 1.30 bits per heavy atom. The Morgan fingerprint density at radius 3 is 1.81 bits per heavy atom. The van der Waals surface area contributed by atoms with Crippen molar-refractivity contribution in [2.24, 2.45) is 0 Å². The molecule has 1 atom stereocenters. The summed E-state index contributed by atoms with van der Waals surface area (Å²) in [5.41, 5.74) is -1.47. The monoisotopic (exact) mass is 530 g/mol. The second-order valence-electron chi connectivity index (χ2n) is 6.71. The van der Waals surface area contributed by atoms with E-state index in [-0.39, 0.29) is 51.8 Å². The summed E-state index contributed by atoms with van der Waals surface area (Å²) < 4.78 is 23.2. The number of carbonyl (C=O) groups is 3. The quantitative estimate of drug-likeness (QED) is 0.162. The second kappa shape index (κ2) is 17.6. The molecule has 37 heavy (non-hydrogen) atoms. The molecule has 0 saturated heterocycles. The summed E-state index contributed by atoms with van der Waals surface area (Å²) in [6.07, 6.45) is -0.0527. The normalized spacial score (nSPS) is 10.7. The van der Waals surface area contributed by atoms with Gasteiger partial charge in [-0.15, -0.1) is 0 Å². The molecule has 0 spiro atoms. The molecule has 1 unspecified atom stereocenters. The average Bonchev–Trinajstić information content (AvgIpc) is 2.87. The molecule has 0 fully saturated rings.